The number of hydrogen-bond donors (Lipinski definition) is 1. The molecule has 0 bridgehead atoms. The van der Waals surface area contributed by atoms with Gasteiger partial charge >= 0.3 is 0 Å². The quantitative estimate of drug-likeness (QED) is 0.817. The first kappa shape index (κ1) is 15.0. The molecule has 0 spiro atoms. The number of thioether (sulfide) groups is 1. The van der Waals surface area contributed by atoms with Crippen LogP contribution in [-0.2, 0) is 0 Å². The lowest BCUT2D eigenvalue weighted by molar-refractivity contribution is 0.303. The Morgan fingerprint density at radius 3 is 2.75 bits per heavy atom. The van der Waals surface area contributed by atoms with Crippen LogP contribution in [0.5, 0.6) is 5.75 Å². The minimum absolute atomic E-state index is 0.321. The Hall–Kier alpha value is -1.44. The standard InChI is InChI=1S/C16H20N2OS/c17-8-13-20-12-1-9-18-10-6-15(7-11-18)14-2-4-16(19)5-3-14/h2-6,19H,1,7,9-13H2. The van der Waals surface area contributed by atoms with Crippen LogP contribution in [0.15, 0.2) is 30.3 Å². The van der Waals surface area contributed by atoms with Crippen molar-refractivity contribution in [3.05, 3.63) is 35.9 Å². The third-order valence-electron chi connectivity index (χ3n) is 3.46. The molecule has 1 aromatic rings. The zero-order chi connectivity index (χ0) is 14.2. The fourth-order valence-electron chi connectivity index (χ4n) is 2.36. The second-order valence-corrected chi connectivity index (χ2v) is 6.00. The van der Waals surface area contributed by atoms with Crippen LogP contribution in [0.2, 0.25) is 0 Å². The summed E-state index contributed by atoms with van der Waals surface area (Å²) in [6.07, 6.45) is 4.50. The molecule has 0 amide bonds. The van der Waals surface area contributed by atoms with Gasteiger partial charge in [0.2, 0.25) is 0 Å². The predicted octanol–water partition coefficient (Wildman–Crippen LogP) is 3.13. The Balaban J connectivity index is 1.76. The summed E-state index contributed by atoms with van der Waals surface area (Å²) < 4.78 is 0. The molecule has 0 aliphatic carbocycles. The fourth-order valence-corrected chi connectivity index (χ4v) is 2.93. The number of phenols is 1. The monoisotopic (exact) mass is 288 g/mol. The second kappa shape index (κ2) is 7.98. The topological polar surface area (TPSA) is 47.3 Å². The number of hydrogen-bond acceptors (Lipinski definition) is 4. The van der Waals surface area contributed by atoms with Gasteiger partial charge in [-0.05, 0) is 48.4 Å². The first-order valence-electron chi connectivity index (χ1n) is 6.95. The molecule has 4 heteroatoms. The third kappa shape index (κ3) is 4.59. The van der Waals surface area contributed by atoms with Gasteiger partial charge in [-0.3, -0.25) is 4.90 Å². The van der Waals surface area contributed by atoms with Crippen molar-refractivity contribution in [3.8, 4) is 11.8 Å². The van der Waals surface area contributed by atoms with Crippen LogP contribution in [0.1, 0.15) is 18.4 Å². The van der Waals surface area contributed by atoms with Crippen LogP contribution in [0.3, 0.4) is 0 Å². The van der Waals surface area contributed by atoms with E-state index in [2.05, 4.69) is 17.0 Å². The van der Waals surface area contributed by atoms with Crippen molar-refractivity contribution < 1.29 is 5.11 Å². The first-order chi connectivity index (χ1) is 9.79. The number of nitrogens with zero attached hydrogens (tertiary/aromatic N) is 2. The lowest BCUT2D eigenvalue weighted by atomic mass is 9.99. The number of rotatable bonds is 6. The van der Waals surface area contributed by atoms with Gasteiger partial charge in [-0.15, -0.1) is 11.8 Å². The van der Waals surface area contributed by atoms with Crippen molar-refractivity contribution in [1.82, 2.24) is 4.90 Å². The number of benzene rings is 1. The predicted molar refractivity (Wildman–Crippen MR) is 84.7 cm³/mol. The fraction of sp³-hybridized carbons (Fsp3) is 0.438. The summed E-state index contributed by atoms with van der Waals surface area (Å²) in [5.41, 5.74) is 2.59. The van der Waals surface area contributed by atoms with Crippen LogP contribution in [0, 0.1) is 11.3 Å². The Kier molecular flexibility index (Phi) is 5.97. The second-order valence-electron chi connectivity index (χ2n) is 4.89. The Bertz CT molecular complexity index is 490. The van der Waals surface area contributed by atoms with E-state index >= 15 is 0 Å². The molecule has 0 radical (unpaired) electrons. The summed E-state index contributed by atoms with van der Waals surface area (Å²) in [5.74, 6) is 1.99. The highest BCUT2D eigenvalue weighted by atomic mass is 32.2. The molecule has 1 N–H and O–H groups in total. The van der Waals surface area contributed by atoms with E-state index < -0.39 is 0 Å². The third-order valence-corrected chi connectivity index (χ3v) is 4.37. The zero-order valence-corrected chi connectivity index (χ0v) is 12.4. The number of phenolic OH excluding ortho intramolecular Hbond substituents is 1. The van der Waals surface area contributed by atoms with Crippen molar-refractivity contribution in [2.24, 2.45) is 0 Å². The Morgan fingerprint density at radius 2 is 2.10 bits per heavy atom. The zero-order valence-electron chi connectivity index (χ0n) is 11.6. The van der Waals surface area contributed by atoms with E-state index in [0.717, 1.165) is 38.2 Å². The van der Waals surface area contributed by atoms with Gasteiger partial charge in [0.25, 0.3) is 0 Å². The maximum absolute atomic E-state index is 9.31. The molecule has 1 aliphatic heterocycles. The van der Waals surface area contributed by atoms with Gasteiger partial charge < -0.3 is 5.11 Å². The molecule has 3 nitrogen and oxygen atoms in total. The van der Waals surface area contributed by atoms with E-state index in [9.17, 15) is 5.11 Å². The molecule has 20 heavy (non-hydrogen) atoms. The van der Waals surface area contributed by atoms with E-state index in [1.165, 1.54) is 11.1 Å². The van der Waals surface area contributed by atoms with E-state index in [1.54, 1.807) is 23.9 Å². The molecule has 0 fully saturated rings. The summed E-state index contributed by atoms with van der Waals surface area (Å²) in [4.78, 5) is 2.46. The molecule has 1 heterocycles. The van der Waals surface area contributed by atoms with Crippen LogP contribution in [0.25, 0.3) is 5.57 Å². The average molecular weight is 288 g/mol. The lowest BCUT2D eigenvalue weighted by Crippen LogP contribution is -2.29. The number of nitriles is 1. The van der Waals surface area contributed by atoms with Gasteiger partial charge in [0, 0.05) is 13.1 Å². The highest BCUT2D eigenvalue weighted by Gasteiger charge is 2.12. The number of aromatic hydroxyl groups is 1. The molecule has 1 aromatic carbocycles. The average Bonchev–Trinajstić information content (AvgIpc) is 2.49. The summed E-state index contributed by atoms with van der Waals surface area (Å²) in [7, 11) is 0. The van der Waals surface area contributed by atoms with E-state index in [0.29, 0.717) is 11.5 Å². The molecule has 0 saturated carbocycles. The van der Waals surface area contributed by atoms with Gasteiger partial charge in [-0.1, -0.05) is 18.2 Å². The van der Waals surface area contributed by atoms with Crippen molar-refractivity contribution in [2.45, 2.75) is 12.8 Å². The molecular formula is C16H20N2OS. The van der Waals surface area contributed by atoms with Crippen molar-refractivity contribution in [1.29, 1.82) is 5.26 Å². The van der Waals surface area contributed by atoms with E-state index in [1.807, 2.05) is 12.1 Å². The minimum atomic E-state index is 0.321. The molecule has 0 atom stereocenters. The first-order valence-corrected chi connectivity index (χ1v) is 8.10. The SMILES string of the molecule is N#CCSCCCN1CC=C(c2ccc(O)cc2)CC1. The molecule has 2 rings (SSSR count). The maximum Gasteiger partial charge on any atom is 0.115 e. The summed E-state index contributed by atoms with van der Waals surface area (Å²) in [6, 6.07) is 9.61. The van der Waals surface area contributed by atoms with Crippen molar-refractivity contribution >= 4 is 17.3 Å². The molecule has 0 aromatic heterocycles. The van der Waals surface area contributed by atoms with E-state index in [4.69, 9.17) is 5.26 Å². The maximum atomic E-state index is 9.31. The Labute approximate surface area is 124 Å². The molecule has 1 aliphatic rings. The molecule has 0 saturated heterocycles. The van der Waals surface area contributed by atoms with Gasteiger partial charge in [-0.2, -0.15) is 5.26 Å². The van der Waals surface area contributed by atoms with Crippen LogP contribution >= 0.6 is 11.8 Å². The molecule has 0 unspecified atom stereocenters. The van der Waals surface area contributed by atoms with E-state index in [-0.39, 0.29) is 0 Å². The van der Waals surface area contributed by atoms with Crippen LogP contribution in [-0.4, -0.2) is 41.1 Å². The summed E-state index contributed by atoms with van der Waals surface area (Å²) >= 11 is 1.71. The summed E-state index contributed by atoms with van der Waals surface area (Å²) in [5, 5.41) is 17.8. The minimum Gasteiger partial charge on any atom is -0.508 e. The highest BCUT2D eigenvalue weighted by molar-refractivity contribution is 7.99. The van der Waals surface area contributed by atoms with Crippen LogP contribution < -0.4 is 0 Å². The highest BCUT2D eigenvalue weighted by Crippen LogP contribution is 2.24. The van der Waals surface area contributed by atoms with Crippen LogP contribution in [0.4, 0.5) is 0 Å². The van der Waals surface area contributed by atoms with Gasteiger partial charge in [-0.25, -0.2) is 0 Å². The van der Waals surface area contributed by atoms with Crippen molar-refractivity contribution in [3.63, 3.8) is 0 Å². The Morgan fingerprint density at radius 1 is 1.30 bits per heavy atom. The largest absolute Gasteiger partial charge is 0.508 e. The lowest BCUT2D eigenvalue weighted by Gasteiger charge is -2.26. The van der Waals surface area contributed by atoms with Gasteiger partial charge in [0.1, 0.15) is 5.75 Å². The van der Waals surface area contributed by atoms with Gasteiger partial charge in [0.05, 0.1) is 11.8 Å². The smallest absolute Gasteiger partial charge is 0.115 e. The molecular weight excluding hydrogens is 268 g/mol. The normalized spacial score (nSPS) is 15.7. The van der Waals surface area contributed by atoms with Crippen molar-refractivity contribution in [2.75, 3.05) is 31.1 Å². The molecule has 106 valence electrons. The van der Waals surface area contributed by atoms with Gasteiger partial charge in [0.15, 0.2) is 0 Å². The summed E-state index contributed by atoms with van der Waals surface area (Å²) in [6.45, 7) is 3.20.